The Labute approximate surface area is 171 Å². The third-order valence-corrected chi connectivity index (χ3v) is 6.55. The average Bonchev–Trinajstić information content (AvgIpc) is 2.87. The van der Waals surface area contributed by atoms with Crippen LogP contribution in [0.3, 0.4) is 0 Å². The number of anilines is 1. The van der Waals surface area contributed by atoms with E-state index in [1.54, 1.807) is 56.1 Å². The zero-order valence-electron chi connectivity index (χ0n) is 17.3. The quantitative estimate of drug-likeness (QED) is 0.747. The minimum atomic E-state index is -3.76. The van der Waals surface area contributed by atoms with Crippen LogP contribution in [0.1, 0.15) is 31.9 Å². The van der Waals surface area contributed by atoms with Gasteiger partial charge >= 0.3 is 0 Å². The van der Waals surface area contributed by atoms with Crippen molar-refractivity contribution in [2.75, 3.05) is 25.7 Å². The van der Waals surface area contributed by atoms with Crippen LogP contribution in [0.2, 0.25) is 0 Å². The summed E-state index contributed by atoms with van der Waals surface area (Å²) in [6.45, 7) is 6.09. The molecule has 1 amide bonds. The van der Waals surface area contributed by atoms with Gasteiger partial charge in [0.15, 0.2) is 11.5 Å². The molecule has 1 N–H and O–H groups in total. The van der Waals surface area contributed by atoms with Gasteiger partial charge < -0.3 is 14.4 Å². The van der Waals surface area contributed by atoms with Gasteiger partial charge in [0, 0.05) is 19.3 Å². The van der Waals surface area contributed by atoms with Crippen molar-refractivity contribution >= 4 is 21.6 Å². The van der Waals surface area contributed by atoms with E-state index in [1.807, 2.05) is 6.92 Å². The van der Waals surface area contributed by atoms with Crippen molar-refractivity contribution < 1.29 is 22.7 Å². The minimum Gasteiger partial charge on any atom is -0.493 e. The molecule has 2 aromatic rings. The van der Waals surface area contributed by atoms with Crippen LogP contribution in [-0.4, -0.2) is 35.1 Å². The molecule has 0 bridgehead atoms. The van der Waals surface area contributed by atoms with Crippen LogP contribution >= 0.6 is 0 Å². The van der Waals surface area contributed by atoms with Crippen LogP contribution in [0.25, 0.3) is 0 Å². The van der Waals surface area contributed by atoms with Gasteiger partial charge in [-0.05, 0) is 62.2 Å². The summed E-state index contributed by atoms with van der Waals surface area (Å²) in [6.07, 6.45) is 0. The Morgan fingerprint density at radius 2 is 1.83 bits per heavy atom. The van der Waals surface area contributed by atoms with E-state index in [0.29, 0.717) is 23.7 Å². The number of hydrogen-bond donors (Lipinski definition) is 1. The summed E-state index contributed by atoms with van der Waals surface area (Å²) in [5.41, 5.74) is 1.41. The lowest BCUT2D eigenvalue weighted by molar-refractivity contribution is -0.121. The van der Waals surface area contributed by atoms with E-state index in [0.717, 1.165) is 11.3 Å². The molecule has 7 nitrogen and oxygen atoms in total. The van der Waals surface area contributed by atoms with Gasteiger partial charge in [-0.3, -0.25) is 4.79 Å². The second-order valence-corrected chi connectivity index (χ2v) is 9.18. The van der Waals surface area contributed by atoms with Crippen LogP contribution in [-0.2, 0) is 26.8 Å². The minimum absolute atomic E-state index is 0.0588. The lowest BCUT2D eigenvalue weighted by Crippen LogP contribution is -2.33. The molecule has 0 radical (unpaired) electrons. The smallest absolute Gasteiger partial charge is 0.240 e. The molecule has 0 atom stereocenters. The van der Waals surface area contributed by atoms with E-state index in [9.17, 15) is 13.2 Å². The SMILES string of the molecule is CCOc1ccc(CNS(=O)(=O)c2ccc3c(c2)C(C)(C)C(=O)N3C)cc1OC. The summed E-state index contributed by atoms with van der Waals surface area (Å²) >= 11 is 0. The highest BCUT2D eigenvalue weighted by atomic mass is 32.2. The van der Waals surface area contributed by atoms with Gasteiger partial charge in [0.05, 0.1) is 24.0 Å². The molecular formula is C21H26N2O5S. The number of fused-ring (bicyclic) bond motifs is 1. The molecule has 0 fully saturated rings. The van der Waals surface area contributed by atoms with Gasteiger partial charge in [0.1, 0.15) is 0 Å². The summed E-state index contributed by atoms with van der Waals surface area (Å²) in [4.78, 5) is 14.1. The number of rotatable bonds is 7. The summed E-state index contributed by atoms with van der Waals surface area (Å²) in [7, 11) is -0.523. The molecule has 0 unspecified atom stereocenters. The highest BCUT2D eigenvalue weighted by Gasteiger charge is 2.42. The first-order chi connectivity index (χ1) is 13.6. The number of amides is 1. The van der Waals surface area contributed by atoms with E-state index in [1.165, 1.54) is 13.2 Å². The molecule has 8 heteroatoms. The maximum absolute atomic E-state index is 12.8. The number of carbonyl (C=O) groups excluding carboxylic acids is 1. The predicted molar refractivity (Wildman–Crippen MR) is 111 cm³/mol. The second kappa shape index (κ2) is 7.68. The van der Waals surface area contributed by atoms with Crippen LogP contribution in [0.15, 0.2) is 41.3 Å². The average molecular weight is 419 g/mol. The molecule has 1 aliphatic rings. The highest BCUT2D eigenvalue weighted by molar-refractivity contribution is 7.89. The molecule has 156 valence electrons. The Morgan fingerprint density at radius 3 is 2.48 bits per heavy atom. The standard InChI is InChI=1S/C21H26N2O5S/c1-6-28-18-10-7-14(11-19(18)27-5)13-22-29(25,26)15-8-9-17-16(12-15)21(2,3)20(24)23(17)4/h7-12,22H,6,13H2,1-5H3. The van der Waals surface area contributed by atoms with E-state index >= 15 is 0 Å². The van der Waals surface area contributed by atoms with Crippen molar-refractivity contribution in [2.24, 2.45) is 0 Å². The zero-order valence-corrected chi connectivity index (χ0v) is 18.1. The molecule has 0 spiro atoms. The van der Waals surface area contributed by atoms with Crippen LogP contribution in [0, 0.1) is 0 Å². The molecule has 0 saturated heterocycles. The van der Waals surface area contributed by atoms with E-state index in [-0.39, 0.29) is 17.3 Å². The summed E-state index contributed by atoms with van der Waals surface area (Å²) < 4.78 is 39.1. The molecule has 0 aliphatic carbocycles. The Hall–Kier alpha value is -2.58. The number of nitrogens with zero attached hydrogens (tertiary/aromatic N) is 1. The summed E-state index contributed by atoms with van der Waals surface area (Å²) in [5, 5.41) is 0. The van der Waals surface area contributed by atoms with Crippen molar-refractivity contribution in [2.45, 2.75) is 37.6 Å². The largest absolute Gasteiger partial charge is 0.493 e. The van der Waals surface area contributed by atoms with Gasteiger partial charge in [0.2, 0.25) is 15.9 Å². The maximum Gasteiger partial charge on any atom is 0.240 e. The third-order valence-electron chi connectivity index (χ3n) is 5.15. The molecule has 0 saturated carbocycles. The first-order valence-corrected chi connectivity index (χ1v) is 10.8. The number of ether oxygens (including phenoxy) is 2. The van der Waals surface area contributed by atoms with E-state index in [4.69, 9.17) is 9.47 Å². The summed E-state index contributed by atoms with van der Waals surface area (Å²) in [5.74, 6) is 1.09. The third kappa shape index (κ3) is 3.82. The number of hydrogen-bond acceptors (Lipinski definition) is 5. The molecule has 3 rings (SSSR count). The van der Waals surface area contributed by atoms with Crippen LogP contribution in [0.4, 0.5) is 5.69 Å². The van der Waals surface area contributed by atoms with Gasteiger partial charge in [0.25, 0.3) is 0 Å². The number of benzene rings is 2. The number of likely N-dealkylation sites (N-methyl/N-ethyl adjacent to an activating group) is 1. The fourth-order valence-corrected chi connectivity index (χ4v) is 4.52. The van der Waals surface area contributed by atoms with Crippen LogP contribution < -0.4 is 19.1 Å². The van der Waals surface area contributed by atoms with Gasteiger partial charge in [-0.15, -0.1) is 0 Å². The second-order valence-electron chi connectivity index (χ2n) is 7.41. The Kier molecular flexibility index (Phi) is 5.60. The predicted octanol–water partition coefficient (Wildman–Crippen LogP) is 2.83. The lowest BCUT2D eigenvalue weighted by atomic mass is 9.86. The molecule has 29 heavy (non-hydrogen) atoms. The van der Waals surface area contributed by atoms with E-state index < -0.39 is 15.4 Å². The van der Waals surface area contributed by atoms with Crippen molar-refractivity contribution in [3.8, 4) is 11.5 Å². The van der Waals surface area contributed by atoms with Crippen molar-refractivity contribution in [1.82, 2.24) is 4.72 Å². The lowest BCUT2D eigenvalue weighted by Gasteiger charge is -2.17. The van der Waals surface area contributed by atoms with Crippen molar-refractivity contribution in [3.63, 3.8) is 0 Å². The Bertz CT molecular complexity index is 1050. The van der Waals surface area contributed by atoms with Crippen LogP contribution in [0.5, 0.6) is 11.5 Å². The molecule has 1 aliphatic heterocycles. The molecule has 0 aromatic heterocycles. The number of nitrogens with one attached hydrogen (secondary N) is 1. The van der Waals surface area contributed by atoms with Gasteiger partial charge in [-0.2, -0.15) is 0 Å². The Balaban J connectivity index is 1.83. The van der Waals surface area contributed by atoms with E-state index in [2.05, 4.69) is 4.72 Å². The monoisotopic (exact) mass is 418 g/mol. The summed E-state index contributed by atoms with van der Waals surface area (Å²) in [6, 6.07) is 10.1. The molecule has 1 heterocycles. The topological polar surface area (TPSA) is 84.9 Å². The highest BCUT2D eigenvalue weighted by Crippen LogP contribution is 2.41. The number of carbonyl (C=O) groups is 1. The Morgan fingerprint density at radius 1 is 1.10 bits per heavy atom. The molecule has 2 aromatic carbocycles. The molecular weight excluding hydrogens is 392 g/mol. The van der Waals surface area contributed by atoms with Crippen molar-refractivity contribution in [3.05, 3.63) is 47.5 Å². The van der Waals surface area contributed by atoms with Gasteiger partial charge in [-0.25, -0.2) is 13.1 Å². The zero-order chi connectivity index (χ0) is 21.4. The normalized spacial score (nSPS) is 15.3. The van der Waals surface area contributed by atoms with Crippen molar-refractivity contribution in [1.29, 1.82) is 0 Å². The fourth-order valence-electron chi connectivity index (χ4n) is 3.48. The maximum atomic E-state index is 12.8. The first kappa shape index (κ1) is 21.1. The fraction of sp³-hybridized carbons (Fsp3) is 0.381. The number of sulfonamides is 1. The van der Waals surface area contributed by atoms with Gasteiger partial charge in [-0.1, -0.05) is 6.07 Å². The first-order valence-electron chi connectivity index (χ1n) is 9.34. The number of methoxy groups -OCH3 is 1.